The number of aryl methyl sites for hydroxylation is 1. The number of nitrogens with zero attached hydrogens (tertiary/aromatic N) is 1. The molecule has 0 saturated carbocycles. The lowest BCUT2D eigenvalue weighted by molar-refractivity contribution is 1.52. The summed E-state index contributed by atoms with van der Waals surface area (Å²) >= 11 is 1.66. The maximum atomic E-state index is 9.43. The molecule has 20 heavy (non-hydrogen) atoms. The van der Waals surface area contributed by atoms with Crippen LogP contribution in [0.2, 0.25) is 0 Å². The molecule has 0 saturated heterocycles. The molecule has 0 amide bonds. The third-order valence-electron chi connectivity index (χ3n) is 3.36. The van der Waals surface area contributed by atoms with Crippen LogP contribution in [0.1, 0.15) is 16.0 Å². The van der Waals surface area contributed by atoms with Crippen molar-refractivity contribution < 1.29 is 0 Å². The maximum absolute atomic E-state index is 9.43. The van der Waals surface area contributed by atoms with E-state index >= 15 is 0 Å². The van der Waals surface area contributed by atoms with Gasteiger partial charge in [0.05, 0.1) is 11.6 Å². The van der Waals surface area contributed by atoms with E-state index in [4.69, 9.17) is 0 Å². The van der Waals surface area contributed by atoms with Gasteiger partial charge in [0.15, 0.2) is 0 Å². The standard InChI is InChI=1S/C18H13NS/c1-13-8-9-20-18(13)11-17(12-19)16-7-6-14-4-2-3-5-15(14)10-16/h2-11H,1H3. The van der Waals surface area contributed by atoms with Crippen LogP contribution in [0.15, 0.2) is 53.9 Å². The summed E-state index contributed by atoms with van der Waals surface area (Å²) in [7, 11) is 0. The zero-order valence-corrected chi connectivity index (χ0v) is 11.9. The Bertz CT molecular complexity index is 834. The van der Waals surface area contributed by atoms with Crippen molar-refractivity contribution in [1.29, 1.82) is 5.26 Å². The average Bonchev–Trinajstić information content (AvgIpc) is 2.89. The van der Waals surface area contributed by atoms with Crippen LogP contribution in [-0.4, -0.2) is 0 Å². The molecule has 1 aromatic heterocycles. The number of hydrogen-bond acceptors (Lipinski definition) is 2. The molecule has 0 radical (unpaired) electrons. The maximum Gasteiger partial charge on any atom is 0.0998 e. The molecule has 2 heteroatoms. The van der Waals surface area contributed by atoms with E-state index in [1.54, 1.807) is 11.3 Å². The first-order valence-electron chi connectivity index (χ1n) is 6.43. The zero-order valence-electron chi connectivity index (χ0n) is 11.1. The molecular formula is C18H13NS. The summed E-state index contributed by atoms with van der Waals surface area (Å²) in [6, 6.07) is 18.7. The van der Waals surface area contributed by atoms with Gasteiger partial charge in [-0.1, -0.05) is 36.4 Å². The molecule has 96 valence electrons. The summed E-state index contributed by atoms with van der Waals surface area (Å²) in [5.41, 5.74) is 2.89. The molecule has 0 aliphatic carbocycles. The third-order valence-corrected chi connectivity index (χ3v) is 4.32. The van der Waals surface area contributed by atoms with Crippen LogP contribution in [0.5, 0.6) is 0 Å². The molecule has 0 spiro atoms. The summed E-state index contributed by atoms with van der Waals surface area (Å²) in [6.45, 7) is 2.07. The Kier molecular flexibility index (Phi) is 3.37. The predicted molar refractivity (Wildman–Crippen MR) is 86.5 cm³/mol. The second-order valence-corrected chi connectivity index (χ2v) is 5.65. The molecule has 0 fully saturated rings. The van der Waals surface area contributed by atoms with Crippen LogP contribution < -0.4 is 0 Å². The van der Waals surface area contributed by atoms with E-state index in [9.17, 15) is 5.26 Å². The van der Waals surface area contributed by atoms with Crippen molar-refractivity contribution in [2.45, 2.75) is 6.92 Å². The molecule has 1 nitrogen and oxygen atoms in total. The molecule has 0 aliphatic heterocycles. The number of allylic oxidation sites excluding steroid dienone is 1. The van der Waals surface area contributed by atoms with Gasteiger partial charge in [0, 0.05) is 4.88 Å². The Morgan fingerprint density at radius 3 is 2.60 bits per heavy atom. The predicted octanol–water partition coefficient (Wildman–Crippen LogP) is 5.27. The lowest BCUT2D eigenvalue weighted by Gasteiger charge is -2.02. The number of thiophene rings is 1. The van der Waals surface area contributed by atoms with Gasteiger partial charge in [-0.15, -0.1) is 11.3 Å². The lowest BCUT2D eigenvalue weighted by Crippen LogP contribution is -1.83. The van der Waals surface area contributed by atoms with Crippen molar-refractivity contribution in [3.63, 3.8) is 0 Å². The van der Waals surface area contributed by atoms with E-state index in [0.717, 1.165) is 15.8 Å². The van der Waals surface area contributed by atoms with Gasteiger partial charge < -0.3 is 0 Å². The lowest BCUT2D eigenvalue weighted by atomic mass is 10.0. The molecule has 3 rings (SSSR count). The number of fused-ring (bicyclic) bond motifs is 1. The second-order valence-electron chi connectivity index (χ2n) is 4.70. The minimum absolute atomic E-state index is 0.710. The van der Waals surface area contributed by atoms with Crippen molar-refractivity contribution >= 4 is 33.8 Å². The molecule has 2 aromatic carbocycles. The monoisotopic (exact) mass is 275 g/mol. The fraction of sp³-hybridized carbons (Fsp3) is 0.0556. The highest BCUT2D eigenvalue weighted by atomic mass is 32.1. The Morgan fingerprint density at radius 1 is 1.10 bits per heavy atom. The minimum atomic E-state index is 0.710. The molecule has 0 N–H and O–H groups in total. The normalized spacial score (nSPS) is 11.5. The van der Waals surface area contributed by atoms with Crippen LogP contribution in [0.25, 0.3) is 22.4 Å². The Balaban J connectivity index is 2.10. The van der Waals surface area contributed by atoms with Gasteiger partial charge >= 0.3 is 0 Å². The molecule has 0 unspecified atom stereocenters. The van der Waals surface area contributed by atoms with Gasteiger partial charge in [-0.3, -0.25) is 0 Å². The van der Waals surface area contributed by atoms with Crippen molar-refractivity contribution in [3.05, 3.63) is 69.9 Å². The van der Waals surface area contributed by atoms with Gasteiger partial charge in [-0.2, -0.15) is 5.26 Å². The second kappa shape index (κ2) is 5.32. The third kappa shape index (κ3) is 2.36. The molecule has 3 aromatic rings. The molecule has 0 aliphatic rings. The highest BCUT2D eigenvalue weighted by molar-refractivity contribution is 7.11. The van der Waals surface area contributed by atoms with Gasteiger partial charge in [0.2, 0.25) is 0 Å². The summed E-state index contributed by atoms with van der Waals surface area (Å²) < 4.78 is 0. The van der Waals surface area contributed by atoms with Crippen LogP contribution in [0, 0.1) is 18.3 Å². The van der Waals surface area contributed by atoms with Crippen molar-refractivity contribution in [2.24, 2.45) is 0 Å². The number of benzene rings is 2. The summed E-state index contributed by atoms with van der Waals surface area (Å²) in [5, 5.41) is 13.8. The number of rotatable bonds is 2. The molecule has 1 heterocycles. The van der Waals surface area contributed by atoms with Crippen LogP contribution in [0.4, 0.5) is 0 Å². The number of nitriles is 1. The van der Waals surface area contributed by atoms with Crippen LogP contribution in [0.3, 0.4) is 0 Å². The van der Waals surface area contributed by atoms with E-state index in [1.807, 2.05) is 24.3 Å². The Morgan fingerprint density at radius 2 is 1.90 bits per heavy atom. The summed E-state index contributed by atoms with van der Waals surface area (Å²) in [5.74, 6) is 0. The smallest absolute Gasteiger partial charge is 0.0998 e. The van der Waals surface area contributed by atoms with Crippen molar-refractivity contribution in [3.8, 4) is 6.07 Å². The first-order chi connectivity index (χ1) is 9.78. The van der Waals surface area contributed by atoms with Gasteiger partial charge in [0.25, 0.3) is 0 Å². The largest absolute Gasteiger partial charge is 0.192 e. The van der Waals surface area contributed by atoms with Gasteiger partial charge in [-0.05, 0) is 52.4 Å². The van der Waals surface area contributed by atoms with E-state index in [-0.39, 0.29) is 0 Å². The fourth-order valence-corrected chi connectivity index (χ4v) is 3.06. The highest BCUT2D eigenvalue weighted by Crippen LogP contribution is 2.25. The molecule has 0 bridgehead atoms. The van der Waals surface area contributed by atoms with Gasteiger partial charge in [-0.25, -0.2) is 0 Å². The molecule has 0 atom stereocenters. The zero-order chi connectivity index (χ0) is 13.9. The Hall–Kier alpha value is -2.37. The first kappa shape index (κ1) is 12.7. The topological polar surface area (TPSA) is 23.8 Å². The van der Waals surface area contributed by atoms with Crippen LogP contribution >= 0.6 is 11.3 Å². The highest BCUT2D eigenvalue weighted by Gasteiger charge is 2.04. The summed E-state index contributed by atoms with van der Waals surface area (Å²) in [6.07, 6.45) is 1.98. The minimum Gasteiger partial charge on any atom is -0.192 e. The average molecular weight is 275 g/mol. The quantitative estimate of drug-likeness (QED) is 0.584. The molecular weight excluding hydrogens is 262 g/mol. The Labute approximate surface area is 122 Å². The van der Waals surface area contributed by atoms with Crippen molar-refractivity contribution in [2.75, 3.05) is 0 Å². The SMILES string of the molecule is Cc1ccsc1C=C(C#N)c1ccc2ccccc2c1. The van der Waals surface area contributed by atoms with Gasteiger partial charge in [0.1, 0.15) is 0 Å². The van der Waals surface area contributed by atoms with E-state index in [0.29, 0.717) is 5.57 Å². The first-order valence-corrected chi connectivity index (χ1v) is 7.31. The summed E-state index contributed by atoms with van der Waals surface area (Å²) in [4.78, 5) is 1.15. The fourth-order valence-electron chi connectivity index (χ4n) is 2.20. The van der Waals surface area contributed by atoms with Crippen LogP contribution in [-0.2, 0) is 0 Å². The van der Waals surface area contributed by atoms with E-state index < -0.39 is 0 Å². The number of hydrogen-bond donors (Lipinski definition) is 0. The van der Waals surface area contributed by atoms with E-state index in [1.165, 1.54) is 10.9 Å². The van der Waals surface area contributed by atoms with Crippen molar-refractivity contribution in [1.82, 2.24) is 0 Å². The van der Waals surface area contributed by atoms with E-state index in [2.05, 4.69) is 48.7 Å².